The lowest BCUT2D eigenvalue weighted by Gasteiger charge is -2.14. The van der Waals surface area contributed by atoms with Crippen molar-refractivity contribution in [2.45, 2.75) is 32.1 Å². The molecule has 5 nitrogen and oxygen atoms in total. The van der Waals surface area contributed by atoms with E-state index in [1.165, 1.54) is 0 Å². The summed E-state index contributed by atoms with van der Waals surface area (Å²) in [6, 6.07) is 3.46. The average molecular weight is 314 g/mol. The SMILES string of the molecule is CCOc1cc(C)c(S(=O)(=O)NCCCN(C)C)cc1C. The molecular formula is C15H26N2O3S. The summed E-state index contributed by atoms with van der Waals surface area (Å²) in [5.41, 5.74) is 1.53. The van der Waals surface area contributed by atoms with E-state index in [4.69, 9.17) is 4.74 Å². The maximum Gasteiger partial charge on any atom is 0.240 e. The van der Waals surface area contributed by atoms with Gasteiger partial charge >= 0.3 is 0 Å². The molecule has 21 heavy (non-hydrogen) atoms. The largest absolute Gasteiger partial charge is 0.494 e. The van der Waals surface area contributed by atoms with Crippen LogP contribution in [0.15, 0.2) is 17.0 Å². The maximum absolute atomic E-state index is 12.4. The molecule has 0 atom stereocenters. The highest BCUT2D eigenvalue weighted by molar-refractivity contribution is 7.89. The molecule has 1 aromatic carbocycles. The zero-order chi connectivity index (χ0) is 16.0. The third-order valence-electron chi connectivity index (χ3n) is 3.14. The summed E-state index contributed by atoms with van der Waals surface area (Å²) in [6.07, 6.45) is 0.779. The summed E-state index contributed by atoms with van der Waals surface area (Å²) in [6.45, 7) is 7.41. The molecule has 0 spiro atoms. The molecule has 120 valence electrons. The highest BCUT2D eigenvalue weighted by atomic mass is 32.2. The zero-order valence-electron chi connectivity index (χ0n) is 13.6. The number of nitrogens with zero attached hydrogens (tertiary/aromatic N) is 1. The van der Waals surface area contributed by atoms with E-state index < -0.39 is 10.0 Å². The van der Waals surface area contributed by atoms with E-state index >= 15 is 0 Å². The second-order valence-electron chi connectivity index (χ2n) is 5.37. The van der Waals surface area contributed by atoms with Gasteiger partial charge in [-0.15, -0.1) is 0 Å². The molecule has 0 aliphatic carbocycles. The summed E-state index contributed by atoms with van der Waals surface area (Å²) in [7, 11) is 0.466. The molecule has 0 aliphatic rings. The summed E-state index contributed by atoms with van der Waals surface area (Å²) in [4.78, 5) is 2.36. The van der Waals surface area contributed by atoms with Crippen LogP contribution in [0.3, 0.4) is 0 Å². The van der Waals surface area contributed by atoms with Crippen molar-refractivity contribution in [3.63, 3.8) is 0 Å². The lowest BCUT2D eigenvalue weighted by Crippen LogP contribution is -2.28. The van der Waals surface area contributed by atoms with Crippen molar-refractivity contribution in [2.75, 3.05) is 33.8 Å². The Kier molecular flexibility index (Phi) is 6.64. The van der Waals surface area contributed by atoms with Gasteiger partial charge in [0.1, 0.15) is 5.75 Å². The van der Waals surface area contributed by atoms with Crippen molar-refractivity contribution >= 4 is 10.0 Å². The van der Waals surface area contributed by atoms with Gasteiger partial charge in [0.05, 0.1) is 11.5 Å². The Morgan fingerprint density at radius 1 is 1.19 bits per heavy atom. The first-order valence-electron chi connectivity index (χ1n) is 7.16. The predicted octanol–water partition coefficient (Wildman–Crippen LogP) is 1.93. The smallest absolute Gasteiger partial charge is 0.240 e. The minimum Gasteiger partial charge on any atom is -0.494 e. The van der Waals surface area contributed by atoms with Gasteiger partial charge < -0.3 is 9.64 Å². The van der Waals surface area contributed by atoms with Crippen LogP contribution in [0, 0.1) is 13.8 Å². The highest BCUT2D eigenvalue weighted by Gasteiger charge is 2.18. The lowest BCUT2D eigenvalue weighted by molar-refractivity contribution is 0.337. The molecule has 0 radical (unpaired) electrons. The van der Waals surface area contributed by atoms with Gasteiger partial charge in [-0.1, -0.05) is 0 Å². The van der Waals surface area contributed by atoms with Crippen LogP contribution in [-0.4, -0.2) is 47.1 Å². The third-order valence-corrected chi connectivity index (χ3v) is 4.74. The van der Waals surface area contributed by atoms with Crippen LogP contribution in [0.5, 0.6) is 5.75 Å². The van der Waals surface area contributed by atoms with E-state index in [-0.39, 0.29) is 0 Å². The van der Waals surface area contributed by atoms with Gasteiger partial charge in [-0.3, -0.25) is 0 Å². The van der Waals surface area contributed by atoms with Crippen molar-refractivity contribution in [3.8, 4) is 5.75 Å². The number of ether oxygens (including phenoxy) is 1. The molecule has 6 heteroatoms. The maximum atomic E-state index is 12.4. The number of hydrogen-bond acceptors (Lipinski definition) is 4. The molecule has 0 fully saturated rings. The van der Waals surface area contributed by atoms with Gasteiger partial charge in [-0.2, -0.15) is 0 Å². The molecule has 0 saturated heterocycles. The van der Waals surface area contributed by atoms with Crippen molar-refractivity contribution < 1.29 is 13.2 Å². The van der Waals surface area contributed by atoms with Crippen LogP contribution >= 0.6 is 0 Å². The molecule has 0 amide bonds. The fourth-order valence-electron chi connectivity index (χ4n) is 2.04. The Labute approximate surface area is 128 Å². The topological polar surface area (TPSA) is 58.6 Å². The van der Waals surface area contributed by atoms with Crippen LogP contribution in [0.25, 0.3) is 0 Å². The molecule has 1 rings (SSSR count). The van der Waals surface area contributed by atoms with Crippen molar-refractivity contribution in [1.29, 1.82) is 0 Å². The number of sulfonamides is 1. The van der Waals surface area contributed by atoms with Crippen molar-refractivity contribution in [2.24, 2.45) is 0 Å². The monoisotopic (exact) mass is 314 g/mol. The first-order chi connectivity index (χ1) is 9.77. The average Bonchev–Trinajstić information content (AvgIpc) is 2.38. The fourth-order valence-corrected chi connectivity index (χ4v) is 3.43. The number of aryl methyl sites for hydroxylation is 2. The second-order valence-corrected chi connectivity index (χ2v) is 7.11. The number of nitrogens with one attached hydrogen (secondary N) is 1. The van der Waals surface area contributed by atoms with Crippen molar-refractivity contribution in [3.05, 3.63) is 23.3 Å². The van der Waals surface area contributed by atoms with Crippen LogP contribution in [0.4, 0.5) is 0 Å². The quantitative estimate of drug-likeness (QED) is 0.745. The van der Waals surface area contributed by atoms with Gasteiger partial charge in [0.2, 0.25) is 10.0 Å². The normalized spacial score (nSPS) is 11.9. The van der Waals surface area contributed by atoms with E-state index in [1.54, 1.807) is 19.1 Å². The molecule has 0 heterocycles. The molecular weight excluding hydrogens is 288 g/mol. The third kappa shape index (κ3) is 5.30. The fraction of sp³-hybridized carbons (Fsp3) is 0.600. The highest BCUT2D eigenvalue weighted by Crippen LogP contribution is 2.25. The van der Waals surface area contributed by atoms with Crippen LogP contribution in [0.1, 0.15) is 24.5 Å². The van der Waals surface area contributed by atoms with E-state index in [9.17, 15) is 8.42 Å². The van der Waals surface area contributed by atoms with Gasteiger partial charge in [0.15, 0.2) is 0 Å². The number of benzene rings is 1. The zero-order valence-corrected chi connectivity index (χ0v) is 14.4. The summed E-state index contributed by atoms with van der Waals surface area (Å²) >= 11 is 0. The number of rotatable bonds is 8. The van der Waals surface area contributed by atoms with E-state index in [2.05, 4.69) is 4.72 Å². The standard InChI is InChI=1S/C15H26N2O3S/c1-6-20-14-10-13(3)15(11-12(14)2)21(18,19)16-8-7-9-17(4)5/h10-11,16H,6-9H2,1-5H3. The Balaban J connectivity index is 2.86. The first-order valence-corrected chi connectivity index (χ1v) is 8.64. The van der Waals surface area contributed by atoms with Crippen LogP contribution < -0.4 is 9.46 Å². The molecule has 1 N–H and O–H groups in total. The Morgan fingerprint density at radius 2 is 1.86 bits per heavy atom. The minimum atomic E-state index is -3.47. The molecule has 0 saturated carbocycles. The first kappa shape index (κ1) is 17.9. The molecule has 0 bridgehead atoms. The van der Waals surface area contributed by atoms with E-state index in [0.717, 1.165) is 24.3 Å². The van der Waals surface area contributed by atoms with Crippen LogP contribution in [0.2, 0.25) is 0 Å². The Hall–Kier alpha value is -1.11. The summed E-state index contributed by atoms with van der Waals surface area (Å²) in [5, 5.41) is 0. The summed E-state index contributed by atoms with van der Waals surface area (Å²) in [5.74, 6) is 0.738. The van der Waals surface area contributed by atoms with Gasteiger partial charge in [-0.25, -0.2) is 13.1 Å². The van der Waals surface area contributed by atoms with E-state index in [0.29, 0.717) is 23.6 Å². The van der Waals surface area contributed by atoms with E-state index in [1.807, 2.05) is 32.8 Å². The minimum absolute atomic E-state index is 0.327. The van der Waals surface area contributed by atoms with Gasteiger partial charge in [0, 0.05) is 6.54 Å². The molecule has 0 unspecified atom stereocenters. The molecule has 0 aromatic heterocycles. The van der Waals surface area contributed by atoms with Crippen LogP contribution in [-0.2, 0) is 10.0 Å². The van der Waals surface area contributed by atoms with Gasteiger partial charge in [-0.05, 0) is 71.1 Å². The predicted molar refractivity (Wildman–Crippen MR) is 85.4 cm³/mol. The van der Waals surface area contributed by atoms with Gasteiger partial charge in [0.25, 0.3) is 0 Å². The van der Waals surface area contributed by atoms with Crippen molar-refractivity contribution in [1.82, 2.24) is 9.62 Å². The number of hydrogen-bond donors (Lipinski definition) is 1. The molecule has 0 aliphatic heterocycles. The second kappa shape index (κ2) is 7.77. The Morgan fingerprint density at radius 3 is 2.43 bits per heavy atom. The molecule has 1 aromatic rings. The lowest BCUT2D eigenvalue weighted by atomic mass is 10.1. The Bertz CT molecular complexity index is 569. The summed E-state index contributed by atoms with van der Waals surface area (Å²) < 4.78 is 32.9.